The molecular formula is C13H21N3S. The fourth-order valence-electron chi connectivity index (χ4n) is 2.31. The molecule has 0 aromatic carbocycles. The highest BCUT2D eigenvalue weighted by Crippen LogP contribution is 2.34. The molecule has 0 saturated carbocycles. The first kappa shape index (κ1) is 12.7. The van der Waals surface area contributed by atoms with E-state index in [0.717, 1.165) is 29.6 Å². The molecule has 1 unspecified atom stereocenters. The van der Waals surface area contributed by atoms with Gasteiger partial charge in [0.05, 0.1) is 5.69 Å². The van der Waals surface area contributed by atoms with E-state index in [1.165, 1.54) is 11.3 Å². The van der Waals surface area contributed by atoms with Crippen LogP contribution in [0.1, 0.15) is 50.2 Å². The van der Waals surface area contributed by atoms with Crippen LogP contribution < -0.4 is 5.32 Å². The summed E-state index contributed by atoms with van der Waals surface area (Å²) in [4.78, 5) is 9.42. The van der Waals surface area contributed by atoms with E-state index in [1.807, 2.05) is 18.8 Å². The molecule has 1 aliphatic rings. The van der Waals surface area contributed by atoms with Gasteiger partial charge in [0.25, 0.3) is 0 Å². The van der Waals surface area contributed by atoms with E-state index in [9.17, 15) is 0 Å². The van der Waals surface area contributed by atoms with Crippen LogP contribution in [-0.4, -0.2) is 17.0 Å². The molecular weight excluding hydrogens is 230 g/mol. The normalized spacial score (nSPS) is 16.1. The lowest BCUT2D eigenvalue weighted by atomic mass is 9.98. The van der Waals surface area contributed by atoms with Gasteiger partial charge in [0.1, 0.15) is 11.6 Å². The Bertz CT molecular complexity index is 404. The summed E-state index contributed by atoms with van der Waals surface area (Å²) in [6.07, 6.45) is 1.15. The molecule has 0 aliphatic carbocycles. The second-order valence-electron chi connectivity index (χ2n) is 5.13. The number of hydrogen-bond acceptors (Lipinski definition) is 4. The van der Waals surface area contributed by atoms with Gasteiger partial charge in [0.15, 0.2) is 0 Å². The number of nitrogens with zero attached hydrogens (tertiary/aromatic N) is 2. The standard InChI is InChI=1S/C13H21N3S/c1-8(2)5-9(3)12-15-11-7-17-6-10(11)13(14-4)16-12/h8-9H,5-7H2,1-4H3,(H,14,15,16). The Morgan fingerprint density at radius 1 is 1.24 bits per heavy atom. The van der Waals surface area contributed by atoms with Crippen LogP contribution in [0.5, 0.6) is 0 Å². The highest BCUT2D eigenvalue weighted by Gasteiger charge is 2.21. The molecule has 1 aromatic heterocycles. The molecule has 2 rings (SSSR count). The highest BCUT2D eigenvalue weighted by molar-refractivity contribution is 7.98. The van der Waals surface area contributed by atoms with Gasteiger partial charge in [0.2, 0.25) is 0 Å². The van der Waals surface area contributed by atoms with Crippen molar-refractivity contribution < 1.29 is 0 Å². The van der Waals surface area contributed by atoms with Gasteiger partial charge in [-0.2, -0.15) is 11.8 Å². The zero-order valence-corrected chi connectivity index (χ0v) is 11.9. The Labute approximate surface area is 108 Å². The van der Waals surface area contributed by atoms with Crippen LogP contribution in [0.2, 0.25) is 0 Å². The highest BCUT2D eigenvalue weighted by atomic mass is 32.2. The number of nitrogens with one attached hydrogen (secondary N) is 1. The molecule has 1 aromatic rings. The maximum absolute atomic E-state index is 4.74. The summed E-state index contributed by atoms with van der Waals surface area (Å²) >= 11 is 1.92. The molecule has 0 saturated heterocycles. The monoisotopic (exact) mass is 251 g/mol. The largest absolute Gasteiger partial charge is 0.373 e. The molecule has 4 heteroatoms. The fourth-order valence-corrected chi connectivity index (χ4v) is 3.35. The van der Waals surface area contributed by atoms with Crippen molar-refractivity contribution >= 4 is 17.6 Å². The van der Waals surface area contributed by atoms with Gasteiger partial charge < -0.3 is 5.32 Å². The van der Waals surface area contributed by atoms with Crippen LogP contribution in [0, 0.1) is 5.92 Å². The zero-order chi connectivity index (χ0) is 12.4. The molecule has 1 N–H and O–H groups in total. The maximum Gasteiger partial charge on any atom is 0.133 e. The van der Waals surface area contributed by atoms with Crippen molar-refractivity contribution in [1.29, 1.82) is 0 Å². The molecule has 0 spiro atoms. The Balaban J connectivity index is 2.30. The summed E-state index contributed by atoms with van der Waals surface area (Å²) in [7, 11) is 1.95. The third kappa shape index (κ3) is 2.73. The van der Waals surface area contributed by atoms with E-state index in [0.29, 0.717) is 11.8 Å². The fraction of sp³-hybridized carbons (Fsp3) is 0.692. The molecule has 1 atom stereocenters. The Morgan fingerprint density at radius 3 is 2.65 bits per heavy atom. The lowest BCUT2D eigenvalue weighted by Crippen LogP contribution is -2.09. The van der Waals surface area contributed by atoms with Crippen LogP contribution in [-0.2, 0) is 11.5 Å². The first-order valence-corrected chi connectivity index (χ1v) is 7.42. The number of fused-ring (bicyclic) bond motifs is 1. The molecule has 0 fully saturated rings. The Kier molecular flexibility index (Phi) is 3.92. The van der Waals surface area contributed by atoms with Crippen LogP contribution in [0.15, 0.2) is 0 Å². The van der Waals surface area contributed by atoms with Gasteiger partial charge >= 0.3 is 0 Å². The van der Waals surface area contributed by atoms with Crippen molar-refractivity contribution in [1.82, 2.24) is 9.97 Å². The van der Waals surface area contributed by atoms with Gasteiger partial charge in [-0.25, -0.2) is 9.97 Å². The SMILES string of the molecule is CNc1nc(C(C)CC(C)C)nc2c1CSC2. The number of hydrogen-bond donors (Lipinski definition) is 1. The first-order chi connectivity index (χ1) is 8.11. The van der Waals surface area contributed by atoms with Gasteiger partial charge in [-0.1, -0.05) is 20.8 Å². The van der Waals surface area contributed by atoms with Crippen LogP contribution in [0.4, 0.5) is 5.82 Å². The average Bonchev–Trinajstić information content (AvgIpc) is 2.74. The predicted molar refractivity (Wildman–Crippen MR) is 74.4 cm³/mol. The number of anilines is 1. The minimum Gasteiger partial charge on any atom is -0.373 e. The smallest absolute Gasteiger partial charge is 0.133 e. The van der Waals surface area contributed by atoms with E-state index in [1.54, 1.807) is 0 Å². The van der Waals surface area contributed by atoms with E-state index in [-0.39, 0.29) is 0 Å². The summed E-state index contributed by atoms with van der Waals surface area (Å²) in [6.45, 7) is 6.72. The summed E-state index contributed by atoms with van der Waals surface area (Å²) in [5, 5.41) is 3.21. The summed E-state index contributed by atoms with van der Waals surface area (Å²) in [5.74, 6) is 5.25. The van der Waals surface area contributed by atoms with Crippen LogP contribution in [0.25, 0.3) is 0 Å². The van der Waals surface area contributed by atoms with Crippen molar-refractivity contribution in [2.24, 2.45) is 5.92 Å². The Hall–Kier alpha value is -0.770. The van der Waals surface area contributed by atoms with Gasteiger partial charge in [-0.15, -0.1) is 0 Å². The third-order valence-corrected chi connectivity index (χ3v) is 4.07. The number of thioether (sulfide) groups is 1. The second kappa shape index (κ2) is 5.25. The topological polar surface area (TPSA) is 37.8 Å². The summed E-state index contributed by atoms with van der Waals surface area (Å²) < 4.78 is 0. The van der Waals surface area contributed by atoms with Crippen molar-refractivity contribution in [2.45, 2.75) is 44.6 Å². The third-order valence-electron chi connectivity index (χ3n) is 3.10. The molecule has 94 valence electrons. The predicted octanol–water partition coefficient (Wildman–Crippen LogP) is 3.41. The van der Waals surface area contributed by atoms with Crippen LogP contribution in [0.3, 0.4) is 0 Å². The lowest BCUT2D eigenvalue weighted by Gasteiger charge is -2.15. The van der Waals surface area contributed by atoms with Crippen molar-refractivity contribution in [3.05, 3.63) is 17.1 Å². The average molecular weight is 251 g/mol. The molecule has 0 amide bonds. The quantitative estimate of drug-likeness (QED) is 0.890. The second-order valence-corrected chi connectivity index (χ2v) is 6.11. The van der Waals surface area contributed by atoms with Crippen molar-refractivity contribution in [3.8, 4) is 0 Å². The van der Waals surface area contributed by atoms with E-state index >= 15 is 0 Å². The molecule has 0 bridgehead atoms. The summed E-state index contributed by atoms with van der Waals surface area (Å²) in [6, 6.07) is 0. The van der Waals surface area contributed by atoms with E-state index in [4.69, 9.17) is 4.98 Å². The number of aromatic nitrogens is 2. The number of rotatable bonds is 4. The zero-order valence-electron chi connectivity index (χ0n) is 11.1. The van der Waals surface area contributed by atoms with Gasteiger partial charge in [-0.05, 0) is 12.3 Å². The lowest BCUT2D eigenvalue weighted by molar-refractivity contribution is 0.506. The molecule has 2 heterocycles. The summed E-state index contributed by atoms with van der Waals surface area (Å²) in [5.41, 5.74) is 2.54. The minimum absolute atomic E-state index is 0.443. The van der Waals surface area contributed by atoms with Crippen molar-refractivity contribution in [2.75, 3.05) is 12.4 Å². The van der Waals surface area contributed by atoms with E-state index in [2.05, 4.69) is 31.1 Å². The molecule has 1 aliphatic heterocycles. The van der Waals surface area contributed by atoms with Gasteiger partial charge in [0, 0.05) is 30.0 Å². The molecule has 0 radical (unpaired) electrons. The van der Waals surface area contributed by atoms with Crippen molar-refractivity contribution in [3.63, 3.8) is 0 Å². The molecule has 17 heavy (non-hydrogen) atoms. The maximum atomic E-state index is 4.74. The Morgan fingerprint density at radius 2 is 2.00 bits per heavy atom. The minimum atomic E-state index is 0.443. The van der Waals surface area contributed by atoms with Gasteiger partial charge in [-0.3, -0.25) is 0 Å². The van der Waals surface area contributed by atoms with Crippen LogP contribution >= 0.6 is 11.8 Å². The van der Waals surface area contributed by atoms with E-state index < -0.39 is 0 Å². The molecule has 3 nitrogen and oxygen atoms in total. The first-order valence-electron chi connectivity index (χ1n) is 6.27.